The van der Waals surface area contributed by atoms with Crippen LogP contribution in [0.15, 0.2) is 85.2 Å². The van der Waals surface area contributed by atoms with Crippen molar-refractivity contribution in [2.24, 2.45) is 0 Å². The number of nitrogens with zero attached hydrogens (tertiary/aromatic N) is 3. The molecule has 9 nitrogen and oxygen atoms in total. The maximum absolute atomic E-state index is 13.0. The Labute approximate surface area is 240 Å². The molecule has 2 heterocycles. The van der Waals surface area contributed by atoms with E-state index in [0.717, 1.165) is 42.2 Å². The zero-order valence-electron chi connectivity index (χ0n) is 23.1. The topological polar surface area (TPSA) is 108 Å². The van der Waals surface area contributed by atoms with Crippen molar-refractivity contribution in [3.63, 3.8) is 0 Å². The number of amides is 2. The van der Waals surface area contributed by atoms with E-state index in [1.54, 1.807) is 30.6 Å². The number of anilines is 3. The first-order valence-electron chi connectivity index (χ1n) is 13.8. The van der Waals surface area contributed by atoms with Gasteiger partial charge in [-0.05, 0) is 74.3 Å². The molecule has 1 aromatic heterocycles. The van der Waals surface area contributed by atoms with Crippen LogP contribution in [0.5, 0.6) is 5.75 Å². The summed E-state index contributed by atoms with van der Waals surface area (Å²) in [6.07, 6.45) is 5.65. The Balaban J connectivity index is 1.14. The van der Waals surface area contributed by atoms with Crippen LogP contribution in [0, 0.1) is 6.92 Å². The van der Waals surface area contributed by atoms with Crippen LogP contribution < -0.4 is 20.7 Å². The summed E-state index contributed by atoms with van der Waals surface area (Å²) in [5.41, 5.74) is 4.03. The highest BCUT2D eigenvalue weighted by Crippen LogP contribution is 2.21. The largest absolute Gasteiger partial charge is 0.492 e. The first kappa shape index (κ1) is 27.8. The molecule has 0 atom stereocenters. The van der Waals surface area contributed by atoms with E-state index in [0.29, 0.717) is 35.9 Å². The zero-order valence-corrected chi connectivity index (χ0v) is 23.1. The number of carbonyl (C=O) groups excluding carboxylic acids is 2. The van der Waals surface area contributed by atoms with Gasteiger partial charge in [-0.1, -0.05) is 36.4 Å². The molecule has 41 heavy (non-hydrogen) atoms. The Morgan fingerprint density at radius 2 is 1.66 bits per heavy atom. The lowest BCUT2D eigenvalue weighted by Gasteiger charge is -2.15. The summed E-state index contributed by atoms with van der Waals surface area (Å²) in [5, 5.41) is 8.93. The van der Waals surface area contributed by atoms with Crippen LogP contribution >= 0.6 is 0 Å². The van der Waals surface area contributed by atoms with Gasteiger partial charge in [0, 0.05) is 36.0 Å². The monoisotopic (exact) mass is 550 g/mol. The highest BCUT2D eigenvalue weighted by atomic mass is 16.5. The number of aromatic nitrogens is 2. The van der Waals surface area contributed by atoms with Gasteiger partial charge < -0.3 is 20.7 Å². The van der Waals surface area contributed by atoms with Crippen molar-refractivity contribution < 1.29 is 14.3 Å². The van der Waals surface area contributed by atoms with Crippen molar-refractivity contribution >= 4 is 29.1 Å². The van der Waals surface area contributed by atoms with Crippen molar-refractivity contribution in [2.45, 2.75) is 26.3 Å². The Bertz CT molecular complexity index is 1470. The van der Waals surface area contributed by atoms with Crippen molar-refractivity contribution in [2.75, 3.05) is 36.9 Å². The van der Waals surface area contributed by atoms with Gasteiger partial charge in [-0.15, -0.1) is 0 Å². The van der Waals surface area contributed by atoms with Gasteiger partial charge in [0.1, 0.15) is 12.4 Å². The number of likely N-dealkylation sites (tertiary alicyclic amines) is 1. The van der Waals surface area contributed by atoms with E-state index in [4.69, 9.17) is 4.74 Å². The molecule has 3 N–H and O–H groups in total. The fourth-order valence-corrected chi connectivity index (χ4v) is 4.64. The smallest absolute Gasteiger partial charge is 0.256 e. The third kappa shape index (κ3) is 7.89. The van der Waals surface area contributed by atoms with E-state index in [1.165, 1.54) is 12.8 Å². The normalized spacial score (nSPS) is 13.0. The molecule has 0 bridgehead atoms. The molecule has 0 spiro atoms. The molecular weight excluding hydrogens is 516 g/mol. The van der Waals surface area contributed by atoms with Crippen molar-refractivity contribution in [1.29, 1.82) is 0 Å². The first-order chi connectivity index (χ1) is 20.0. The average molecular weight is 551 g/mol. The van der Waals surface area contributed by atoms with E-state index >= 15 is 0 Å². The van der Waals surface area contributed by atoms with Crippen molar-refractivity contribution in [3.8, 4) is 5.75 Å². The zero-order chi connectivity index (χ0) is 28.4. The Morgan fingerprint density at radius 1 is 0.878 bits per heavy atom. The quantitative estimate of drug-likeness (QED) is 0.236. The van der Waals surface area contributed by atoms with E-state index in [2.05, 4.69) is 30.8 Å². The van der Waals surface area contributed by atoms with Gasteiger partial charge >= 0.3 is 0 Å². The Kier molecular flexibility index (Phi) is 9.18. The fraction of sp³-hybridized carbons (Fsp3) is 0.250. The van der Waals surface area contributed by atoms with E-state index in [1.807, 2.05) is 61.5 Å². The van der Waals surface area contributed by atoms with Gasteiger partial charge in [-0.3, -0.25) is 14.5 Å². The number of carbonyl (C=O) groups is 2. The lowest BCUT2D eigenvalue weighted by molar-refractivity contribution is 0.0950. The lowest BCUT2D eigenvalue weighted by Crippen LogP contribution is -2.25. The molecule has 210 valence electrons. The number of hydrogen-bond donors (Lipinski definition) is 3. The number of benzene rings is 3. The van der Waals surface area contributed by atoms with Crippen LogP contribution in [0.3, 0.4) is 0 Å². The summed E-state index contributed by atoms with van der Waals surface area (Å²) in [6.45, 7) is 6.07. The standard InChI is InChI=1S/C32H34N6O3/c1-23-12-13-24(20-33-30(39)25-8-3-2-4-9-25)18-29(23)31(40)36-27-21-34-32(35-22-27)37-26-10-7-11-28(19-26)41-17-16-38-14-5-6-15-38/h2-4,7-13,18-19,21-22H,5-6,14-17,20H2,1H3,(H,33,39)(H,36,40)(H,34,35,37). The lowest BCUT2D eigenvalue weighted by atomic mass is 10.0. The van der Waals surface area contributed by atoms with Crippen LogP contribution in [0.25, 0.3) is 0 Å². The maximum atomic E-state index is 13.0. The molecule has 1 saturated heterocycles. The molecule has 1 aliphatic rings. The molecule has 0 aliphatic carbocycles. The molecule has 4 aromatic rings. The van der Waals surface area contributed by atoms with Crippen LogP contribution in [0.2, 0.25) is 0 Å². The fourth-order valence-electron chi connectivity index (χ4n) is 4.64. The predicted molar refractivity (Wildman–Crippen MR) is 160 cm³/mol. The highest BCUT2D eigenvalue weighted by Gasteiger charge is 2.13. The van der Waals surface area contributed by atoms with E-state index < -0.39 is 0 Å². The van der Waals surface area contributed by atoms with Gasteiger partial charge in [-0.25, -0.2) is 9.97 Å². The summed E-state index contributed by atoms with van der Waals surface area (Å²) in [7, 11) is 0. The molecule has 9 heteroatoms. The first-order valence-corrected chi connectivity index (χ1v) is 13.8. The maximum Gasteiger partial charge on any atom is 0.256 e. The number of nitrogens with one attached hydrogen (secondary N) is 3. The molecule has 0 unspecified atom stereocenters. The predicted octanol–water partition coefficient (Wildman–Crippen LogP) is 5.19. The van der Waals surface area contributed by atoms with E-state index in [-0.39, 0.29) is 11.8 Å². The summed E-state index contributed by atoms with van der Waals surface area (Å²) >= 11 is 0. The van der Waals surface area contributed by atoms with Gasteiger partial charge in [0.2, 0.25) is 5.95 Å². The summed E-state index contributed by atoms with van der Waals surface area (Å²) in [6, 6.07) is 22.3. The van der Waals surface area contributed by atoms with E-state index in [9.17, 15) is 9.59 Å². The van der Waals surface area contributed by atoms with Crippen LogP contribution in [0.1, 0.15) is 44.7 Å². The molecule has 1 fully saturated rings. The molecule has 5 rings (SSSR count). The number of rotatable bonds is 11. The highest BCUT2D eigenvalue weighted by molar-refractivity contribution is 6.05. The number of ether oxygens (including phenoxy) is 1. The van der Waals surface area contributed by atoms with Crippen molar-refractivity contribution in [1.82, 2.24) is 20.2 Å². The SMILES string of the molecule is Cc1ccc(CNC(=O)c2ccccc2)cc1C(=O)Nc1cnc(Nc2cccc(OCCN3CCCC3)c2)nc1. The summed E-state index contributed by atoms with van der Waals surface area (Å²) < 4.78 is 5.93. The molecule has 3 aromatic carbocycles. The second-order valence-electron chi connectivity index (χ2n) is 10.00. The number of aryl methyl sites for hydroxylation is 1. The van der Waals surface area contributed by atoms with Gasteiger partial charge in [-0.2, -0.15) is 0 Å². The minimum Gasteiger partial charge on any atom is -0.492 e. The second-order valence-corrected chi connectivity index (χ2v) is 10.00. The van der Waals surface area contributed by atoms with Gasteiger partial charge in [0.25, 0.3) is 11.8 Å². The minimum atomic E-state index is -0.276. The third-order valence-electron chi connectivity index (χ3n) is 6.91. The van der Waals surface area contributed by atoms with Gasteiger partial charge in [0.15, 0.2) is 0 Å². The van der Waals surface area contributed by atoms with Crippen LogP contribution in [0.4, 0.5) is 17.3 Å². The van der Waals surface area contributed by atoms with Crippen LogP contribution in [-0.2, 0) is 6.54 Å². The number of hydrogen-bond acceptors (Lipinski definition) is 7. The molecule has 2 amide bonds. The minimum absolute atomic E-state index is 0.167. The Morgan fingerprint density at radius 3 is 2.44 bits per heavy atom. The summed E-state index contributed by atoms with van der Waals surface area (Å²) in [4.78, 5) is 36.5. The van der Waals surface area contributed by atoms with Crippen LogP contribution in [-0.4, -0.2) is 52.9 Å². The molecule has 0 saturated carbocycles. The molecule has 0 radical (unpaired) electrons. The Hall–Kier alpha value is -4.76. The second kappa shape index (κ2) is 13.5. The summed E-state index contributed by atoms with van der Waals surface area (Å²) in [5.74, 6) is 0.751. The van der Waals surface area contributed by atoms with Crippen molar-refractivity contribution in [3.05, 3.63) is 107 Å². The molecular formula is C32H34N6O3. The average Bonchev–Trinajstić information content (AvgIpc) is 3.52. The molecule has 1 aliphatic heterocycles. The third-order valence-corrected chi connectivity index (χ3v) is 6.91. The van der Waals surface area contributed by atoms with Gasteiger partial charge in [0.05, 0.1) is 18.1 Å².